The maximum Gasteiger partial charge on any atom is 0.460 e. The summed E-state index contributed by atoms with van der Waals surface area (Å²) in [4.78, 5) is 46.3. The number of alkyl halides is 10. The summed E-state index contributed by atoms with van der Waals surface area (Å²) in [7, 11) is 0. The molecule has 0 aliphatic heterocycles. The van der Waals surface area contributed by atoms with Gasteiger partial charge in [-0.25, -0.2) is 23.6 Å². The minimum absolute atomic E-state index is 0.0843. The van der Waals surface area contributed by atoms with Gasteiger partial charge in [0.25, 0.3) is 5.67 Å². The third-order valence-electron chi connectivity index (χ3n) is 5.03. The molecule has 0 heterocycles. The summed E-state index contributed by atoms with van der Waals surface area (Å²) in [6, 6.07) is 0. The van der Waals surface area contributed by atoms with Crippen molar-refractivity contribution in [3.63, 3.8) is 0 Å². The molecule has 0 aromatic rings. The number of halogens is 10. The Morgan fingerprint density at radius 3 is 1.51 bits per heavy atom. The molecular formula is C23H27F10NO9. The molecule has 2 atom stereocenters. The lowest BCUT2D eigenvalue weighted by Crippen LogP contribution is -2.62. The Bertz CT molecular complexity index is 991. The molecule has 0 bridgehead atoms. The zero-order valence-electron chi connectivity index (χ0n) is 22.5. The van der Waals surface area contributed by atoms with Gasteiger partial charge in [-0.05, 0) is 33.1 Å². The molecular weight excluding hydrogens is 624 g/mol. The largest absolute Gasteiger partial charge is 0.461 e. The molecule has 0 aliphatic carbocycles. The second-order valence-electron chi connectivity index (χ2n) is 8.85. The normalized spacial score (nSPS) is 15.3. The number of hydrogen-bond acceptors (Lipinski definition) is 9. The first-order valence-corrected chi connectivity index (χ1v) is 11.7. The van der Waals surface area contributed by atoms with Gasteiger partial charge in [0.1, 0.15) is 18.8 Å². The molecule has 43 heavy (non-hydrogen) atoms. The topological polar surface area (TPSA) is 126 Å². The van der Waals surface area contributed by atoms with Gasteiger partial charge in [-0.1, -0.05) is 13.2 Å². The van der Waals surface area contributed by atoms with Crippen molar-refractivity contribution in [2.45, 2.75) is 68.6 Å². The first-order valence-electron chi connectivity index (χ1n) is 11.7. The average molecular weight is 651 g/mol. The number of hydrogen-bond donors (Lipinski definition) is 1. The second-order valence-corrected chi connectivity index (χ2v) is 8.85. The van der Waals surface area contributed by atoms with Crippen molar-refractivity contribution >= 4 is 24.0 Å². The SMILES string of the molecule is C=CC(=O)OCC(C)(COC(=O)C=C)NC(=O)OCCCCCOC(=O)C(F)(OC(F)(F)C(C)(F)C(F)(F)F)C(F)(F)F. The lowest BCUT2D eigenvalue weighted by Gasteiger charge is -2.35. The lowest BCUT2D eigenvalue weighted by atomic mass is 10.1. The number of amides is 1. The van der Waals surface area contributed by atoms with Crippen LogP contribution in [0.2, 0.25) is 0 Å². The van der Waals surface area contributed by atoms with Crippen LogP contribution in [-0.2, 0) is 38.1 Å². The molecule has 0 aromatic carbocycles. The summed E-state index contributed by atoms with van der Waals surface area (Å²) in [6.07, 6.45) is -19.9. The molecule has 0 aromatic heterocycles. The highest BCUT2D eigenvalue weighted by Crippen LogP contribution is 2.50. The van der Waals surface area contributed by atoms with Crippen LogP contribution in [0.3, 0.4) is 0 Å². The quantitative estimate of drug-likeness (QED) is 0.0778. The summed E-state index contributed by atoms with van der Waals surface area (Å²) >= 11 is 0. The highest BCUT2D eigenvalue weighted by Gasteiger charge is 2.76. The van der Waals surface area contributed by atoms with E-state index < -0.39 is 99.3 Å². The Kier molecular flexibility index (Phi) is 14.0. The van der Waals surface area contributed by atoms with E-state index in [9.17, 15) is 63.1 Å². The average Bonchev–Trinajstić information content (AvgIpc) is 2.87. The molecule has 0 spiro atoms. The summed E-state index contributed by atoms with van der Waals surface area (Å²) < 4.78 is 152. The van der Waals surface area contributed by atoms with E-state index in [0.717, 1.165) is 12.2 Å². The van der Waals surface area contributed by atoms with Crippen LogP contribution in [0.25, 0.3) is 0 Å². The van der Waals surface area contributed by atoms with Gasteiger partial charge in [-0.2, -0.15) is 39.5 Å². The predicted octanol–water partition coefficient (Wildman–Crippen LogP) is 4.77. The standard InChI is InChI=1S/C23H27F10NO9/c1-5-14(35)41-12-18(3,13-42-15(36)6-2)34-17(38)40-11-9-7-8-10-39-16(37)20(25,22(29,30)31)43-23(32,33)19(4,24)21(26,27)28/h5-6H,1-2,7-13H2,3-4H3,(H,34,38). The van der Waals surface area contributed by atoms with E-state index in [-0.39, 0.29) is 12.8 Å². The van der Waals surface area contributed by atoms with Crippen molar-refractivity contribution in [1.82, 2.24) is 5.32 Å². The minimum atomic E-state index is -6.71. The number of unbranched alkanes of at least 4 members (excludes halogenated alkanes) is 2. The van der Waals surface area contributed by atoms with Gasteiger partial charge in [0.15, 0.2) is 0 Å². The van der Waals surface area contributed by atoms with Gasteiger partial charge < -0.3 is 24.3 Å². The molecule has 0 saturated heterocycles. The van der Waals surface area contributed by atoms with E-state index in [0.29, 0.717) is 0 Å². The van der Waals surface area contributed by atoms with Crippen LogP contribution in [-0.4, -0.2) is 86.0 Å². The summed E-state index contributed by atoms with van der Waals surface area (Å²) in [5.41, 5.74) is -7.34. The first kappa shape index (κ1) is 39.4. The molecule has 0 fully saturated rings. The van der Waals surface area contributed by atoms with E-state index in [1.165, 1.54) is 6.92 Å². The van der Waals surface area contributed by atoms with Gasteiger partial charge in [-0.15, -0.1) is 0 Å². The van der Waals surface area contributed by atoms with Crippen LogP contribution in [0.4, 0.5) is 48.7 Å². The fourth-order valence-electron chi connectivity index (χ4n) is 2.43. The second kappa shape index (κ2) is 15.2. The number of ether oxygens (including phenoxy) is 5. The smallest absolute Gasteiger partial charge is 0.460 e. The van der Waals surface area contributed by atoms with Gasteiger partial charge in [0.2, 0.25) is 0 Å². The molecule has 0 rings (SSSR count). The van der Waals surface area contributed by atoms with Crippen LogP contribution < -0.4 is 5.32 Å². The maximum absolute atomic E-state index is 14.2. The van der Waals surface area contributed by atoms with Crippen LogP contribution in [0.5, 0.6) is 0 Å². The van der Waals surface area contributed by atoms with Gasteiger partial charge in [0, 0.05) is 12.2 Å². The fourth-order valence-corrected chi connectivity index (χ4v) is 2.43. The van der Waals surface area contributed by atoms with E-state index in [1.807, 2.05) is 0 Å². The third kappa shape index (κ3) is 11.6. The Hall–Kier alpha value is -3.58. The molecule has 0 aliphatic rings. The van der Waals surface area contributed by atoms with E-state index >= 15 is 0 Å². The van der Waals surface area contributed by atoms with Crippen LogP contribution in [0.15, 0.2) is 25.3 Å². The Morgan fingerprint density at radius 1 is 0.674 bits per heavy atom. The highest BCUT2D eigenvalue weighted by atomic mass is 19.4. The Labute approximate surface area is 237 Å². The van der Waals surface area contributed by atoms with Crippen LogP contribution in [0, 0.1) is 0 Å². The van der Waals surface area contributed by atoms with Crippen molar-refractivity contribution < 1.29 is 86.8 Å². The number of alkyl carbamates (subject to hydrolysis) is 1. The molecule has 1 amide bonds. The zero-order chi connectivity index (χ0) is 33.9. The number of nitrogens with one attached hydrogen (secondary N) is 1. The van der Waals surface area contributed by atoms with E-state index in [4.69, 9.17) is 14.2 Å². The molecule has 248 valence electrons. The highest BCUT2D eigenvalue weighted by molar-refractivity contribution is 5.82. The van der Waals surface area contributed by atoms with Crippen molar-refractivity contribution in [1.29, 1.82) is 0 Å². The van der Waals surface area contributed by atoms with Gasteiger partial charge in [0.05, 0.1) is 13.2 Å². The molecule has 10 nitrogen and oxygen atoms in total. The van der Waals surface area contributed by atoms with Crippen LogP contribution in [0.1, 0.15) is 33.1 Å². The number of esters is 3. The van der Waals surface area contributed by atoms with Crippen molar-refractivity contribution in [2.75, 3.05) is 26.4 Å². The number of carbonyl (C=O) groups is 4. The molecule has 0 radical (unpaired) electrons. The molecule has 2 unspecified atom stereocenters. The van der Waals surface area contributed by atoms with Crippen molar-refractivity contribution in [3.8, 4) is 0 Å². The van der Waals surface area contributed by atoms with Gasteiger partial charge >= 0.3 is 48.3 Å². The van der Waals surface area contributed by atoms with E-state index in [1.54, 1.807) is 0 Å². The van der Waals surface area contributed by atoms with Gasteiger partial charge in [-0.3, -0.25) is 4.74 Å². The molecule has 20 heteroatoms. The Balaban J connectivity index is 4.96. The van der Waals surface area contributed by atoms with Crippen molar-refractivity contribution in [3.05, 3.63) is 25.3 Å². The lowest BCUT2D eigenvalue weighted by molar-refractivity contribution is -0.448. The summed E-state index contributed by atoms with van der Waals surface area (Å²) in [6.45, 7) is 4.22. The first-order chi connectivity index (χ1) is 19.4. The summed E-state index contributed by atoms with van der Waals surface area (Å²) in [5, 5.41) is 2.26. The predicted molar refractivity (Wildman–Crippen MR) is 122 cm³/mol. The van der Waals surface area contributed by atoms with Crippen LogP contribution >= 0.6 is 0 Å². The van der Waals surface area contributed by atoms with Crippen molar-refractivity contribution in [2.24, 2.45) is 0 Å². The monoisotopic (exact) mass is 651 g/mol. The third-order valence-corrected chi connectivity index (χ3v) is 5.03. The minimum Gasteiger partial charge on any atom is -0.461 e. The van der Waals surface area contributed by atoms with E-state index in [2.05, 4.69) is 27.9 Å². The number of carbonyl (C=O) groups excluding carboxylic acids is 4. The fraction of sp³-hybridized carbons (Fsp3) is 0.652. The molecule has 0 saturated carbocycles. The molecule has 1 N–H and O–H groups in total. The maximum atomic E-state index is 14.2. The zero-order valence-corrected chi connectivity index (χ0v) is 22.5. The summed E-state index contributed by atoms with van der Waals surface area (Å²) in [5.74, 6) is -11.1. The Morgan fingerprint density at radius 2 is 1.12 bits per heavy atom. The number of rotatable bonds is 17.